The van der Waals surface area contributed by atoms with Gasteiger partial charge in [-0.05, 0) is 30.7 Å². The van der Waals surface area contributed by atoms with Crippen LogP contribution in [0, 0.1) is 0 Å². The van der Waals surface area contributed by atoms with Crippen LogP contribution in [-0.2, 0) is 0 Å². The highest BCUT2D eigenvalue weighted by Crippen LogP contribution is 2.22. The van der Waals surface area contributed by atoms with Crippen molar-refractivity contribution in [3.63, 3.8) is 0 Å². The second-order valence-corrected chi connectivity index (χ2v) is 5.34. The van der Waals surface area contributed by atoms with Crippen molar-refractivity contribution in [1.82, 2.24) is 15.0 Å². The quantitative estimate of drug-likeness (QED) is 0.774. The topological polar surface area (TPSA) is 59.0 Å². The van der Waals surface area contributed by atoms with Crippen LogP contribution in [-0.4, -0.2) is 15.7 Å². The third-order valence-corrected chi connectivity index (χ3v) is 3.74. The van der Waals surface area contributed by atoms with Crippen LogP contribution < -0.4 is 10.7 Å². The number of benzene rings is 2. The van der Waals surface area contributed by atoms with Gasteiger partial charge in [-0.2, -0.15) is 0 Å². The van der Waals surface area contributed by atoms with Crippen LogP contribution in [0.2, 0.25) is 5.02 Å². The van der Waals surface area contributed by atoms with Gasteiger partial charge in [0.1, 0.15) is 6.33 Å². The van der Waals surface area contributed by atoms with E-state index in [9.17, 15) is 4.79 Å². The number of nitrogens with one attached hydrogen (secondary N) is 2. The van der Waals surface area contributed by atoms with Crippen LogP contribution >= 0.6 is 11.6 Å². The first-order valence-electron chi connectivity index (χ1n) is 6.89. The molecule has 0 aliphatic carbocycles. The second kappa shape index (κ2) is 6.07. The maximum atomic E-state index is 12.1. The number of amides is 2. The summed E-state index contributed by atoms with van der Waals surface area (Å²) in [6.07, 6.45) is 1.57. The number of carbonyl (C=O) groups is 1. The van der Waals surface area contributed by atoms with Crippen LogP contribution in [0.15, 0.2) is 54.9 Å². The molecule has 1 heterocycles. The predicted molar refractivity (Wildman–Crippen MR) is 87.5 cm³/mol. The van der Waals surface area contributed by atoms with Crippen molar-refractivity contribution in [3.05, 3.63) is 65.4 Å². The number of hydrogen-bond acceptors (Lipinski definition) is 2. The molecule has 0 saturated heterocycles. The van der Waals surface area contributed by atoms with Gasteiger partial charge in [0.25, 0.3) is 0 Å². The minimum Gasteiger partial charge on any atom is -0.330 e. The minimum absolute atomic E-state index is 0.205. The lowest BCUT2D eigenvalue weighted by molar-refractivity contribution is 0.247. The van der Waals surface area contributed by atoms with Gasteiger partial charge < -0.3 is 5.32 Å². The summed E-state index contributed by atoms with van der Waals surface area (Å²) in [6.45, 7) is 1.88. The molecule has 0 spiro atoms. The molecule has 1 atom stereocenters. The van der Waals surface area contributed by atoms with E-state index in [0.717, 1.165) is 16.6 Å². The Balaban J connectivity index is 1.71. The number of hydrogen-bond donors (Lipinski definition) is 2. The van der Waals surface area contributed by atoms with E-state index < -0.39 is 0 Å². The molecule has 0 radical (unpaired) electrons. The maximum Gasteiger partial charge on any atom is 0.334 e. The molecule has 0 aliphatic rings. The van der Waals surface area contributed by atoms with Crippen molar-refractivity contribution < 1.29 is 4.79 Å². The maximum absolute atomic E-state index is 12.1. The highest BCUT2D eigenvalue weighted by Gasteiger charge is 2.13. The lowest BCUT2D eigenvalue weighted by Gasteiger charge is -2.16. The summed E-state index contributed by atoms with van der Waals surface area (Å²) in [5, 5.41) is 3.49. The van der Waals surface area contributed by atoms with Gasteiger partial charge in [0.15, 0.2) is 0 Å². The van der Waals surface area contributed by atoms with Crippen LogP contribution in [0.3, 0.4) is 0 Å². The monoisotopic (exact) mass is 314 g/mol. The largest absolute Gasteiger partial charge is 0.334 e. The highest BCUT2D eigenvalue weighted by molar-refractivity contribution is 6.31. The molecule has 2 N–H and O–H groups in total. The molecule has 22 heavy (non-hydrogen) atoms. The van der Waals surface area contributed by atoms with E-state index in [2.05, 4.69) is 15.7 Å². The van der Waals surface area contributed by atoms with Crippen LogP contribution in [0.25, 0.3) is 11.0 Å². The fraction of sp³-hybridized carbons (Fsp3) is 0.125. The molecular weight excluding hydrogens is 300 g/mol. The summed E-state index contributed by atoms with van der Waals surface area (Å²) in [5.41, 5.74) is 5.27. The van der Waals surface area contributed by atoms with Gasteiger partial charge in [-0.3, -0.25) is 0 Å². The van der Waals surface area contributed by atoms with E-state index >= 15 is 0 Å². The first kappa shape index (κ1) is 14.4. The van der Waals surface area contributed by atoms with Gasteiger partial charge >= 0.3 is 6.03 Å². The summed E-state index contributed by atoms with van der Waals surface area (Å²) in [6, 6.07) is 14.5. The lowest BCUT2D eigenvalue weighted by atomic mass is 10.1. The van der Waals surface area contributed by atoms with Crippen LogP contribution in [0.5, 0.6) is 0 Å². The van der Waals surface area contributed by atoms with Gasteiger partial charge in [-0.15, -0.1) is 0 Å². The Hall–Kier alpha value is -2.53. The van der Waals surface area contributed by atoms with Crippen molar-refractivity contribution in [2.24, 2.45) is 0 Å². The number of imidazole rings is 1. The molecule has 0 saturated carbocycles. The Labute approximate surface area is 132 Å². The smallest absolute Gasteiger partial charge is 0.330 e. The molecule has 3 aromatic rings. The lowest BCUT2D eigenvalue weighted by Crippen LogP contribution is -2.35. The molecule has 112 valence electrons. The van der Waals surface area contributed by atoms with E-state index in [1.165, 1.54) is 0 Å². The minimum atomic E-state index is -0.324. The fourth-order valence-corrected chi connectivity index (χ4v) is 2.59. The van der Waals surface area contributed by atoms with Crippen molar-refractivity contribution >= 4 is 28.7 Å². The molecule has 0 unspecified atom stereocenters. The van der Waals surface area contributed by atoms with E-state index in [1.54, 1.807) is 17.1 Å². The molecule has 1 aromatic heterocycles. The fourth-order valence-electron chi connectivity index (χ4n) is 2.29. The highest BCUT2D eigenvalue weighted by atomic mass is 35.5. The predicted octanol–water partition coefficient (Wildman–Crippen LogP) is 3.70. The Morgan fingerprint density at radius 3 is 2.73 bits per heavy atom. The normalized spacial score (nSPS) is 12.1. The van der Waals surface area contributed by atoms with Gasteiger partial charge in [0.2, 0.25) is 0 Å². The Morgan fingerprint density at radius 2 is 1.91 bits per heavy atom. The number of aromatic nitrogens is 2. The van der Waals surface area contributed by atoms with Crippen LogP contribution in [0.4, 0.5) is 4.79 Å². The number of carbonyl (C=O) groups excluding carboxylic acids is 1. The number of nitrogens with zero attached hydrogens (tertiary/aromatic N) is 2. The number of halogens is 1. The van der Waals surface area contributed by atoms with E-state index in [-0.39, 0.29) is 12.1 Å². The third kappa shape index (κ3) is 2.89. The van der Waals surface area contributed by atoms with Crippen molar-refractivity contribution in [2.75, 3.05) is 5.43 Å². The molecule has 3 rings (SSSR count). The summed E-state index contributed by atoms with van der Waals surface area (Å²) in [5.74, 6) is 0. The zero-order chi connectivity index (χ0) is 15.5. The Kier molecular flexibility index (Phi) is 3.98. The van der Waals surface area contributed by atoms with Gasteiger partial charge in [0, 0.05) is 5.02 Å². The average molecular weight is 315 g/mol. The van der Waals surface area contributed by atoms with E-state index in [1.807, 2.05) is 49.4 Å². The number of fused-ring (bicyclic) bond motifs is 1. The van der Waals surface area contributed by atoms with Gasteiger partial charge in [-0.1, -0.05) is 41.9 Å². The molecule has 2 amide bonds. The summed E-state index contributed by atoms with van der Waals surface area (Å²) < 4.78 is 1.59. The van der Waals surface area contributed by atoms with Crippen LogP contribution in [0.1, 0.15) is 18.5 Å². The number of urea groups is 1. The first-order chi connectivity index (χ1) is 10.6. The molecule has 0 fully saturated rings. The molecular formula is C16H15ClN4O. The van der Waals surface area contributed by atoms with Crippen molar-refractivity contribution in [1.29, 1.82) is 0 Å². The van der Waals surface area contributed by atoms with E-state index in [4.69, 9.17) is 11.6 Å². The molecule has 5 nitrogen and oxygen atoms in total. The third-order valence-electron chi connectivity index (χ3n) is 3.39. The van der Waals surface area contributed by atoms with Gasteiger partial charge in [-0.25, -0.2) is 19.9 Å². The molecule has 0 bridgehead atoms. The molecule has 2 aromatic carbocycles. The zero-order valence-corrected chi connectivity index (χ0v) is 12.7. The zero-order valence-electron chi connectivity index (χ0n) is 12.0. The summed E-state index contributed by atoms with van der Waals surface area (Å²) in [4.78, 5) is 16.4. The van der Waals surface area contributed by atoms with E-state index in [0.29, 0.717) is 5.02 Å². The Morgan fingerprint density at radius 1 is 1.18 bits per heavy atom. The summed E-state index contributed by atoms with van der Waals surface area (Å²) >= 11 is 6.14. The average Bonchev–Trinajstić information content (AvgIpc) is 2.91. The first-order valence-corrected chi connectivity index (χ1v) is 7.27. The Bertz CT molecular complexity index is 815. The van der Waals surface area contributed by atoms with Crippen molar-refractivity contribution in [2.45, 2.75) is 13.0 Å². The second-order valence-electron chi connectivity index (χ2n) is 4.93. The summed E-state index contributed by atoms with van der Waals surface area (Å²) in [7, 11) is 0. The standard InChI is InChI=1S/C16H15ClN4O/c1-11(12-6-2-3-7-13(12)17)19-16(22)20-21-10-18-14-8-4-5-9-15(14)21/h2-11H,1H3,(H2,19,20,22)/t11-/m0/s1. The molecule has 6 heteroatoms. The number of rotatable bonds is 3. The van der Waals surface area contributed by atoms with Gasteiger partial charge in [0.05, 0.1) is 17.1 Å². The number of para-hydroxylation sites is 2. The molecule has 0 aliphatic heterocycles. The van der Waals surface area contributed by atoms with Crippen molar-refractivity contribution in [3.8, 4) is 0 Å². The SMILES string of the molecule is C[C@H](NC(=O)Nn1cnc2ccccc21)c1ccccc1Cl.